The molecule has 0 unspecified atom stereocenters. The fourth-order valence-corrected chi connectivity index (χ4v) is 4.22. The molecule has 2 aromatic carbocycles. The van der Waals surface area contributed by atoms with Crippen LogP contribution in [0.25, 0.3) is 0 Å². The minimum atomic E-state index is -4.78. The Bertz CT molecular complexity index is 1140. The molecule has 0 aliphatic heterocycles. The van der Waals surface area contributed by atoms with Crippen molar-refractivity contribution in [1.82, 2.24) is 10.2 Å². The number of aromatic nitrogens is 2. The number of nitrogens with zero attached hydrogens (tertiary/aromatic N) is 2. The van der Waals surface area contributed by atoms with Crippen LogP contribution in [0, 0.1) is 0 Å². The lowest BCUT2D eigenvalue weighted by Gasteiger charge is -2.18. The molecule has 0 radical (unpaired) electrons. The lowest BCUT2D eigenvalue weighted by Crippen LogP contribution is -2.17. The quantitative estimate of drug-likeness (QED) is 0.312. The Kier molecular flexibility index (Phi) is 7.82. The fraction of sp³-hybridized carbons (Fsp3) is 0.273. The molecule has 3 rings (SSSR count). The van der Waals surface area contributed by atoms with Crippen LogP contribution in [-0.2, 0) is 10.2 Å². The minimum Gasteiger partial charge on any atom is -0.406 e. The number of hydrogen-bond acceptors (Lipinski definition) is 7. The number of ether oxygens (including phenoxy) is 1. The Labute approximate surface area is 202 Å². The van der Waals surface area contributed by atoms with E-state index in [9.17, 15) is 22.8 Å². The summed E-state index contributed by atoms with van der Waals surface area (Å²) in [6.45, 7) is 6.27. The van der Waals surface area contributed by atoms with Gasteiger partial charge in [-0.15, -0.1) is 23.4 Å². The number of halogens is 3. The van der Waals surface area contributed by atoms with Gasteiger partial charge in [-0.25, -0.2) is 0 Å². The van der Waals surface area contributed by atoms with Crippen molar-refractivity contribution < 1.29 is 27.5 Å². The van der Waals surface area contributed by atoms with Gasteiger partial charge in [0.05, 0.1) is 5.75 Å². The van der Waals surface area contributed by atoms with Crippen molar-refractivity contribution in [3.63, 3.8) is 0 Å². The lowest BCUT2D eigenvalue weighted by atomic mass is 9.87. The molecule has 0 bridgehead atoms. The van der Waals surface area contributed by atoms with E-state index in [1.54, 1.807) is 12.1 Å². The lowest BCUT2D eigenvalue weighted by molar-refractivity contribution is -0.274. The number of rotatable bonds is 7. The highest BCUT2D eigenvalue weighted by Crippen LogP contribution is 2.27. The molecular weight excluding hydrogens is 489 g/mol. The molecule has 34 heavy (non-hydrogen) atoms. The second kappa shape index (κ2) is 10.4. The minimum absolute atomic E-state index is 0.00233. The van der Waals surface area contributed by atoms with Crippen molar-refractivity contribution in [2.75, 3.05) is 16.4 Å². The summed E-state index contributed by atoms with van der Waals surface area (Å²) >= 11 is 2.24. The van der Waals surface area contributed by atoms with Gasteiger partial charge in [0, 0.05) is 11.3 Å². The van der Waals surface area contributed by atoms with Crippen LogP contribution in [-0.4, -0.2) is 34.1 Å². The largest absolute Gasteiger partial charge is 0.573 e. The molecule has 0 aliphatic carbocycles. The second-order valence-electron chi connectivity index (χ2n) is 8.06. The van der Waals surface area contributed by atoms with Crippen LogP contribution in [0.1, 0.15) is 36.7 Å². The molecule has 7 nitrogen and oxygen atoms in total. The number of benzene rings is 2. The summed E-state index contributed by atoms with van der Waals surface area (Å²) in [5, 5.41) is 13.4. The molecule has 180 valence electrons. The number of hydrogen-bond donors (Lipinski definition) is 2. The molecule has 2 N–H and O–H groups in total. The first kappa shape index (κ1) is 25.5. The third-order valence-electron chi connectivity index (χ3n) is 4.34. The summed E-state index contributed by atoms with van der Waals surface area (Å²) in [5.74, 6) is -1.08. The van der Waals surface area contributed by atoms with Gasteiger partial charge in [0.15, 0.2) is 4.34 Å². The highest BCUT2D eigenvalue weighted by atomic mass is 32.2. The van der Waals surface area contributed by atoms with Gasteiger partial charge < -0.3 is 10.1 Å². The topological polar surface area (TPSA) is 93.2 Å². The third-order valence-corrected chi connectivity index (χ3v) is 6.31. The van der Waals surface area contributed by atoms with Crippen LogP contribution >= 0.6 is 23.1 Å². The van der Waals surface area contributed by atoms with Crippen LogP contribution in [0.4, 0.5) is 24.0 Å². The summed E-state index contributed by atoms with van der Waals surface area (Å²) in [5.41, 5.74) is 1.91. The number of thioether (sulfide) groups is 1. The molecule has 0 fully saturated rings. The SMILES string of the molecule is CC(C)(C)c1ccc(C(=O)Nc2nnc(SCC(=O)Nc3ccc(OC(F)(F)F)cc3)s2)cc1. The maximum absolute atomic E-state index is 12.4. The van der Waals surface area contributed by atoms with Crippen LogP contribution < -0.4 is 15.4 Å². The molecule has 0 saturated carbocycles. The van der Waals surface area contributed by atoms with Gasteiger partial charge in [0.1, 0.15) is 5.75 Å². The van der Waals surface area contributed by atoms with Crippen molar-refractivity contribution in [2.24, 2.45) is 0 Å². The van der Waals surface area contributed by atoms with E-state index in [0.717, 1.165) is 40.8 Å². The second-order valence-corrected chi connectivity index (χ2v) is 10.3. The summed E-state index contributed by atoms with van der Waals surface area (Å²) in [6.07, 6.45) is -4.78. The number of anilines is 2. The van der Waals surface area contributed by atoms with Crippen LogP contribution in [0.2, 0.25) is 0 Å². The van der Waals surface area contributed by atoms with Gasteiger partial charge in [-0.2, -0.15) is 0 Å². The highest BCUT2D eigenvalue weighted by Gasteiger charge is 2.31. The summed E-state index contributed by atoms with van der Waals surface area (Å²) in [6, 6.07) is 12.1. The van der Waals surface area contributed by atoms with Crippen molar-refractivity contribution in [3.05, 3.63) is 59.7 Å². The van der Waals surface area contributed by atoms with E-state index in [4.69, 9.17) is 0 Å². The van der Waals surface area contributed by atoms with E-state index < -0.39 is 6.36 Å². The zero-order valence-corrected chi connectivity index (χ0v) is 20.0. The first-order chi connectivity index (χ1) is 15.9. The predicted octanol–water partition coefficient (Wildman–Crippen LogP) is 5.72. The molecule has 0 saturated heterocycles. The highest BCUT2D eigenvalue weighted by molar-refractivity contribution is 8.01. The maximum Gasteiger partial charge on any atom is 0.573 e. The van der Waals surface area contributed by atoms with Gasteiger partial charge in [-0.3, -0.25) is 14.9 Å². The molecule has 0 atom stereocenters. The van der Waals surface area contributed by atoms with Gasteiger partial charge in [0.2, 0.25) is 11.0 Å². The molecule has 2 amide bonds. The third kappa shape index (κ3) is 7.73. The molecule has 1 aromatic heterocycles. The number of alkyl halides is 3. The number of carbonyl (C=O) groups excluding carboxylic acids is 2. The number of amides is 2. The Hall–Kier alpha value is -3.12. The van der Waals surface area contributed by atoms with E-state index in [1.807, 2.05) is 12.1 Å². The standard InChI is InChI=1S/C22H21F3N4O3S2/c1-21(2,3)14-6-4-13(5-7-14)18(31)27-19-28-29-20(34-19)33-12-17(30)26-15-8-10-16(11-9-15)32-22(23,24)25/h4-11H,12H2,1-3H3,(H,26,30)(H,27,28,31). The Balaban J connectivity index is 1.48. The molecule has 0 spiro atoms. The first-order valence-corrected chi connectivity index (χ1v) is 11.7. The zero-order valence-electron chi connectivity index (χ0n) is 18.4. The normalized spacial score (nSPS) is 11.7. The Morgan fingerprint density at radius 2 is 1.62 bits per heavy atom. The van der Waals surface area contributed by atoms with E-state index in [0.29, 0.717) is 20.7 Å². The number of carbonyl (C=O) groups is 2. The molecule has 12 heteroatoms. The molecule has 3 aromatic rings. The average Bonchev–Trinajstić information content (AvgIpc) is 3.19. The summed E-state index contributed by atoms with van der Waals surface area (Å²) in [7, 11) is 0. The van der Waals surface area contributed by atoms with Crippen molar-refractivity contribution >= 4 is 45.7 Å². The predicted molar refractivity (Wildman–Crippen MR) is 125 cm³/mol. The molecule has 0 aliphatic rings. The van der Waals surface area contributed by atoms with Crippen molar-refractivity contribution in [1.29, 1.82) is 0 Å². The van der Waals surface area contributed by atoms with E-state index >= 15 is 0 Å². The van der Waals surface area contributed by atoms with Crippen molar-refractivity contribution in [2.45, 2.75) is 36.9 Å². The molecular formula is C22H21F3N4O3S2. The van der Waals surface area contributed by atoms with Crippen LogP contribution in [0.3, 0.4) is 0 Å². The van der Waals surface area contributed by atoms with Gasteiger partial charge in [0.25, 0.3) is 5.91 Å². The van der Waals surface area contributed by atoms with E-state index in [2.05, 4.69) is 46.3 Å². The van der Waals surface area contributed by atoms with E-state index in [1.165, 1.54) is 12.1 Å². The van der Waals surface area contributed by atoms with E-state index in [-0.39, 0.29) is 28.7 Å². The van der Waals surface area contributed by atoms with Gasteiger partial charge >= 0.3 is 6.36 Å². The maximum atomic E-state index is 12.4. The average molecular weight is 511 g/mol. The Morgan fingerprint density at radius 1 is 0.971 bits per heavy atom. The van der Waals surface area contributed by atoms with Crippen LogP contribution in [0.5, 0.6) is 5.75 Å². The smallest absolute Gasteiger partial charge is 0.406 e. The van der Waals surface area contributed by atoms with Gasteiger partial charge in [-0.05, 0) is 47.4 Å². The monoisotopic (exact) mass is 510 g/mol. The van der Waals surface area contributed by atoms with Crippen LogP contribution in [0.15, 0.2) is 52.9 Å². The Morgan fingerprint density at radius 3 is 2.21 bits per heavy atom. The first-order valence-electron chi connectivity index (χ1n) is 9.93. The number of nitrogens with one attached hydrogen (secondary N) is 2. The van der Waals surface area contributed by atoms with Crippen molar-refractivity contribution in [3.8, 4) is 5.75 Å². The summed E-state index contributed by atoms with van der Waals surface area (Å²) < 4.78 is 40.8. The van der Waals surface area contributed by atoms with Gasteiger partial charge in [-0.1, -0.05) is 56.0 Å². The fourth-order valence-electron chi connectivity index (χ4n) is 2.67. The molecule has 1 heterocycles. The summed E-state index contributed by atoms with van der Waals surface area (Å²) in [4.78, 5) is 24.6. The zero-order chi connectivity index (χ0) is 24.9.